The predicted molar refractivity (Wildman–Crippen MR) is 66.8 cm³/mol. The average molecular weight is 246 g/mol. The van der Waals surface area contributed by atoms with Gasteiger partial charge >= 0.3 is 0 Å². The standard InChI is InChI=1S/C12H16FNO.ClH/c1-2-15-12-5-3-10(4-6-12)7-11(8-13)9-14;/h3-6,8H,2,7,9,14H2,1H3;1H. The molecule has 0 aliphatic rings. The van der Waals surface area contributed by atoms with Crippen LogP contribution in [0.4, 0.5) is 4.39 Å². The van der Waals surface area contributed by atoms with Crippen molar-refractivity contribution in [3.8, 4) is 5.75 Å². The molecule has 16 heavy (non-hydrogen) atoms. The Labute approximate surface area is 102 Å². The fourth-order valence-electron chi connectivity index (χ4n) is 1.29. The zero-order valence-corrected chi connectivity index (χ0v) is 10.1. The zero-order valence-electron chi connectivity index (χ0n) is 9.28. The van der Waals surface area contributed by atoms with Crippen LogP contribution in [0.5, 0.6) is 5.75 Å². The molecule has 1 aromatic rings. The van der Waals surface area contributed by atoms with E-state index in [9.17, 15) is 4.39 Å². The van der Waals surface area contributed by atoms with Gasteiger partial charge in [0.15, 0.2) is 0 Å². The van der Waals surface area contributed by atoms with Gasteiger partial charge in [0.2, 0.25) is 0 Å². The first kappa shape index (κ1) is 14.9. The third kappa shape index (κ3) is 4.64. The van der Waals surface area contributed by atoms with E-state index < -0.39 is 0 Å². The Hall–Kier alpha value is -1.06. The first-order chi connectivity index (χ1) is 7.30. The summed E-state index contributed by atoms with van der Waals surface area (Å²) in [5.74, 6) is 0.833. The van der Waals surface area contributed by atoms with Gasteiger partial charge in [-0.15, -0.1) is 12.4 Å². The number of nitrogens with two attached hydrogens (primary N) is 1. The first-order valence-electron chi connectivity index (χ1n) is 5.00. The highest BCUT2D eigenvalue weighted by Crippen LogP contribution is 2.14. The molecule has 90 valence electrons. The van der Waals surface area contributed by atoms with Crippen LogP contribution >= 0.6 is 12.4 Å². The lowest BCUT2D eigenvalue weighted by Crippen LogP contribution is -2.05. The summed E-state index contributed by atoms with van der Waals surface area (Å²) in [4.78, 5) is 0. The second-order valence-electron chi connectivity index (χ2n) is 3.23. The normalized spacial score (nSPS) is 10.8. The van der Waals surface area contributed by atoms with Crippen LogP contribution in [0.2, 0.25) is 0 Å². The van der Waals surface area contributed by atoms with Gasteiger partial charge in [0.1, 0.15) is 5.75 Å². The van der Waals surface area contributed by atoms with Gasteiger partial charge in [-0.25, -0.2) is 4.39 Å². The molecule has 2 N–H and O–H groups in total. The highest BCUT2D eigenvalue weighted by molar-refractivity contribution is 5.85. The molecular weight excluding hydrogens is 229 g/mol. The molecule has 0 aliphatic heterocycles. The van der Waals surface area contributed by atoms with Gasteiger partial charge in [-0.3, -0.25) is 0 Å². The molecule has 0 bridgehead atoms. The van der Waals surface area contributed by atoms with Crippen LogP contribution in [0.15, 0.2) is 36.2 Å². The molecule has 2 nitrogen and oxygen atoms in total. The Kier molecular flexibility index (Phi) is 7.60. The summed E-state index contributed by atoms with van der Waals surface area (Å²) in [6, 6.07) is 7.60. The third-order valence-electron chi connectivity index (χ3n) is 2.08. The summed E-state index contributed by atoms with van der Waals surface area (Å²) in [6.07, 6.45) is 1.13. The van der Waals surface area contributed by atoms with E-state index in [0.717, 1.165) is 11.3 Å². The SMILES string of the molecule is CCOc1ccc(CC(=CF)CN)cc1.Cl. The van der Waals surface area contributed by atoms with Crippen molar-refractivity contribution in [1.29, 1.82) is 0 Å². The lowest BCUT2D eigenvalue weighted by molar-refractivity contribution is 0.340. The van der Waals surface area contributed by atoms with Crippen molar-refractivity contribution in [2.75, 3.05) is 13.2 Å². The van der Waals surface area contributed by atoms with Crippen molar-refractivity contribution in [3.63, 3.8) is 0 Å². The molecule has 0 spiro atoms. The Bertz CT molecular complexity index is 324. The maximum absolute atomic E-state index is 12.3. The van der Waals surface area contributed by atoms with Crippen LogP contribution in [0.3, 0.4) is 0 Å². The molecule has 1 aromatic carbocycles. The van der Waals surface area contributed by atoms with Crippen molar-refractivity contribution < 1.29 is 9.13 Å². The van der Waals surface area contributed by atoms with Gasteiger partial charge in [0.25, 0.3) is 0 Å². The second-order valence-corrected chi connectivity index (χ2v) is 3.23. The van der Waals surface area contributed by atoms with E-state index in [1.807, 2.05) is 31.2 Å². The number of rotatable bonds is 5. The molecule has 0 saturated carbocycles. The van der Waals surface area contributed by atoms with Gasteiger partial charge in [-0.1, -0.05) is 12.1 Å². The molecule has 0 radical (unpaired) electrons. The van der Waals surface area contributed by atoms with Crippen molar-refractivity contribution >= 4 is 12.4 Å². The van der Waals surface area contributed by atoms with E-state index in [1.54, 1.807) is 0 Å². The predicted octanol–water partition coefficient (Wildman–Crippen LogP) is 2.86. The van der Waals surface area contributed by atoms with E-state index in [-0.39, 0.29) is 19.0 Å². The lowest BCUT2D eigenvalue weighted by atomic mass is 10.1. The summed E-state index contributed by atoms with van der Waals surface area (Å²) < 4.78 is 17.6. The topological polar surface area (TPSA) is 35.2 Å². The smallest absolute Gasteiger partial charge is 0.119 e. The molecule has 1 rings (SSSR count). The molecule has 0 saturated heterocycles. The van der Waals surface area contributed by atoms with Crippen molar-refractivity contribution in [2.45, 2.75) is 13.3 Å². The third-order valence-corrected chi connectivity index (χ3v) is 2.08. The Morgan fingerprint density at radius 2 is 2.00 bits per heavy atom. The minimum absolute atomic E-state index is 0. The van der Waals surface area contributed by atoms with Gasteiger partial charge in [-0.2, -0.15) is 0 Å². The first-order valence-corrected chi connectivity index (χ1v) is 5.00. The van der Waals surface area contributed by atoms with Crippen LogP contribution in [-0.2, 0) is 6.42 Å². The molecule has 0 atom stereocenters. The summed E-state index contributed by atoms with van der Waals surface area (Å²) >= 11 is 0. The molecular formula is C12H17ClFNO. The number of halogens is 2. The fourth-order valence-corrected chi connectivity index (χ4v) is 1.29. The molecule has 0 heterocycles. The molecule has 0 unspecified atom stereocenters. The Morgan fingerprint density at radius 1 is 1.38 bits per heavy atom. The largest absolute Gasteiger partial charge is 0.494 e. The number of hydrogen-bond donors (Lipinski definition) is 1. The van der Waals surface area contributed by atoms with Crippen LogP contribution in [0, 0.1) is 0 Å². The molecule has 0 aromatic heterocycles. The van der Waals surface area contributed by atoms with Crippen LogP contribution < -0.4 is 10.5 Å². The highest BCUT2D eigenvalue weighted by atomic mass is 35.5. The fraction of sp³-hybridized carbons (Fsp3) is 0.333. The molecule has 4 heteroatoms. The maximum Gasteiger partial charge on any atom is 0.119 e. The quantitative estimate of drug-likeness (QED) is 0.866. The van der Waals surface area contributed by atoms with Crippen LogP contribution in [0.25, 0.3) is 0 Å². The lowest BCUT2D eigenvalue weighted by Gasteiger charge is -2.05. The Morgan fingerprint density at radius 3 is 2.44 bits per heavy atom. The van der Waals surface area contributed by atoms with Gasteiger partial charge in [0, 0.05) is 6.54 Å². The van der Waals surface area contributed by atoms with Crippen molar-refractivity contribution in [2.24, 2.45) is 5.73 Å². The van der Waals surface area contributed by atoms with Gasteiger partial charge < -0.3 is 10.5 Å². The minimum atomic E-state index is 0. The summed E-state index contributed by atoms with van der Waals surface area (Å²) in [7, 11) is 0. The number of ether oxygens (including phenoxy) is 1. The maximum atomic E-state index is 12.3. The summed E-state index contributed by atoms with van der Waals surface area (Å²) in [6.45, 7) is 2.84. The molecule has 0 amide bonds. The minimum Gasteiger partial charge on any atom is -0.494 e. The van der Waals surface area contributed by atoms with Crippen LogP contribution in [-0.4, -0.2) is 13.2 Å². The highest BCUT2D eigenvalue weighted by Gasteiger charge is 1.99. The second kappa shape index (κ2) is 8.13. The summed E-state index contributed by atoms with van der Waals surface area (Å²) in [5, 5.41) is 0. The van der Waals surface area contributed by atoms with E-state index in [1.165, 1.54) is 0 Å². The van der Waals surface area contributed by atoms with Crippen molar-refractivity contribution in [1.82, 2.24) is 0 Å². The van der Waals surface area contributed by atoms with E-state index in [0.29, 0.717) is 24.9 Å². The van der Waals surface area contributed by atoms with Gasteiger partial charge in [-0.05, 0) is 36.6 Å². The summed E-state index contributed by atoms with van der Waals surface area (Å²) in [5.41, 5.74) is 7.01. The number of hydrogen-bond acceptors (Lipinski definition) is 2. The van der Waals surface area contributed by atoms with E-state index in [2.05, 4.69) is 0 Å². The van der Waals surface area contributed by atoms with Crippen LogP contribution in [0.1, 0.15) is 12.5 Å². The van der Waals surface area contributed by atoms with E-state index >= 15 is 0 Å². The number of benzene rings is 1. The monoisotopic (exact) mass is 245 g/mol. The zero-order chi connectivity index (χ0) is 11.1. The molecule has 0 aliphatic carbocycles. The van der Waals surface area contributed by atoms with E-state index in [4.69, 9.17) is 10.5 Å². The van der Waals surface area contributed by atoms with Gasteiger partial charge in [0.05, 0.1) is 12.9 Å². The van der Waals surface area contributed by atoms with Crippen molar-refractivity contribution in [3.05, 3.63) is 41.7 Å². The average Bonchev–Trinajstić information content (AvgIpc) is 2.28. The Balaban J connectivity index is 0.00000225. The molecule has 0 fully saturated rings.